The maximum Gasteiger partial charge on any atom is 0.135 e. The molecule has 1 nitrogen and oxygen atoms in total. The molecule has 1 rings (SSSR count). The first-order chi connectivity index (χ1) is 5.26. The molecular formula is C11H20O. The van der Waals surface area contributed by atoms with Crippen LogP contribution in [0, 0.1) is 16.7 Å². The Balaban J connectivity index is 2.53. The molecule has 0 aromatic carbocycles. The molecule has 0 spiro atoms. The van der Waals surface area contributed by atoms with E-state index in [2.05, 4.69) is 27.7 Å². The molecule has 0 unspecified atom stereocenters. The van der Waals surface area contributed by atoms with Crippen LogP contribution in [-0.2, 0) is 4.79 Å². The predicted molar refractivity (Wildman–Crippen MR) is 51.0 cm³/mol. The molecule has 0 bridgehead atoms. The number of hydrogen-bond acceptors (Lipinski definition) is 1. The van der Waals surface area contributed by atoms with Gasteiger partial charge in [0, 0.05) is 5.41 Å². The molecule has 0 N–H and O–H groups in total. The third-order valence-electron chi connectivity index (χ3n) is 3.47. The van der Waals surface area contributed by atoms with Crippen molar-refractivity contribution in [2.45, 2.75) is 47.5 Å². The second-order valence-electron chi connectivity index (χ2n) is 5.59. The third kappa shape index (κ3) is 1.55. The van der Waals surface area contributed by atoms with Gasteiger partial charge >= 0.3 is 0 Å². The highest BCUT2D eigenvalue weighted by atomic mass is 16.1. The first-order valence-electron chi connectivity index (χ1n) is 4.77. The Morgan fingerprint density at radius 3 is 2.00 bits per heavy atom. The Kier molecular flexibility index (Phi) is 2.10. The summed E-state index contributed by atoms with van der Waals surface area (Å²) < 4.78 is 0. The van der Waals surface area contributed by atoms with Crippen LogP contribution in [0.4, 0.5) is 0 Å². The fourth-order valence-corrected chi connectivity index (χ4v) is 1.93. The maximum absolute atomic E-state index is 11.2. The van der Waals surface area contributed by atoms with Crippen molar-refractivity contribution in [1.29, 1.82) is 0 Å². The lowest BCUT2D eigenvalue weighted by Crippen LogP contribution is -2.45. The van der Waals surface area contributed by atoms with Crippen molar-refractivity contribution in [3.63, 3.8) is 0 Å². The van der Waals surface area contributed by atoms with Gasteiger partial charge in [-0.05, 0) is 31.1 Å². The van der Waals surface area contributed by atoms with Crippen molar-refractivity contribution in [2.75, 3.05) is 0 Å². The van der Waals surface area contributed by atoms with Crippen LogP contribution in [0.25, 0.3) is 0 Å². The average Bonchev–Trinajstić information content (AvgIpc) is 1.77. The summed E-state index contributed by atoms with van der Waals surface area (Å²) in [5.41, 5.74) is 0.396. The number of Topliss-reactive ketones (excluding diaryl/α,β-unsaturated/α-hetero) is 1. The smallest absolute Gasteiger partial charge is 0.135 e. The van der Waals surface area contributed by atoms with Gasteiger partial charge in [0.2, 0.25) is 0 Å². The van der Waals surface area contributed by atoms with Gasteiger partial charge < -0.3 is 0 Å². The highest BCUT2D eigenvalue weighted by Crippen LogP contribution is 2.53. The average molecular weight is 168 g/mol. The van der Waals surface area contributed by atoms with Crippen LogP contribution in [0.5, 0.6) is 0 Å². The molecule has 0 aromatic heterocycles. The minimum atomic E-state index is 0.0119. The van der Waals surface area contributed by atoms with Gasteiger partial charge in [0.05, 0.1) is 0 Å². The summed E-state index contributed by atoms with van der Waals surface area (Å²) in [5.74, 6) is 1.11. The van der Waals surface area contributed by atoms with Crippen molar-refractivity contribution in [3.05, 3.63) is 0 Å². The highest BCUT2D eigenvalue weighted by Gasteiger charge is 2.47. The molecular weight excluding hydrogens is 148 g/mol. The predicted octanol–water partition coefficient (Wildman–Crippen LogP) is 3.04. The van der Waals surface area contributed by atoms with Crippen LogP contribution in [0.1, 0.15) is 47.5 Å². The lowest BCUT2D eigenvalue weighted by molar-refractivity contribution is -0.136. The minimum Gasteiger partial charge on any atom is -0.299 e. The lowest BCUT2D eigenvalue weighted by Gasteiger charge is -2.49. The van der Waals surface area contributed by atoms with Crippen LogP contribution in [0.3, 0.4) is 0 Å². The van der Waals surface area contributed by atoms with Crippen molar-refractivity contribution in [3.8, 4) is 0 Å². The summed E-state index contributed by atoms with van der Waals surface area (Å²) in [4.78, 5) is 11.2. The molecule has 1 aliphatic carbocycles. The number of ketones is 1. The van der Waals surface area contributed by atoms with Crippen molar-refractivity contribution in [1.82, 2.24) is 0 Å². The zero-order valence-corrected chi connectivity index (χ0v) is 8.90. The van der Waals surface area contributed by atoms with Crippen molar-refractivity contribution in [2.24, 2.45) is 16.7 Å². The molecule has 0 aliphatic heterocycles. The first-order valence-corrected chi connectivity index (χ1v) is 4.77. The molecule has 0 saturated heterocycles. The molecule has 0 amide bonds. The Morgan fingerprint density at radius 2 is 1.75 bits per heavy atom. The Morgan fingerprint density at radius 1 is 1.33 bits per heavy atom. The van der Waals surface area contributed by atoms with E-state index in [0.717, 1.165) is 18.8 Å². The fourth-order valence-electron chi connectivity index (χ4n) is 1.93. The summed E-state index contributed by atoms with van der Waals surface area (Å²) in [6.45, 7) is 10.6. The van der Waals surface area contributed by atoms with Crippen LogP contribution in [-0.4, -0.2) is 5.78 Å². The number of carbonyl (C=O) groups excluding carboxylic acids is 1. The van der Waals surface area contributed by atoms with E-state index in [9.17, 15) is 4.79 Å². The van der Waals surface area contributed by atoms with Gasteiger partial charge in [-0.25, -0.2) is 0 Å². The van der Waals surface area contributed by atoms with E-state index in [1.165, 1.54) is 0 Å². The summed E-state index contributed by atoms with van der Waals surface area (Å²) >= 11 is 0. The van der Waals surface area contributed by atoms with Crippen molar-refractivity contribution < 1.29 is 4.79 Å². The maximum atomic E-state index is 11.2. The van der Waals surface area contributed by atoms with Gasteiger partial charge in [0.1, 0.15) is 5.78 Å². The summed E-state index contributed by atoms with van der Waals surface area (Å²) in [6.07, 6.45) is 2.18. The molecule has 70 valence electrons. The van der Waals surface area contributed by atoms with Gasteiger partial charge in [0.25, 0.3) is 0 Å². The van der Waals surface area contributed by atoms with E-state index in [0.29, 0.717) is 11.2 Å². The van der Waals surface area contributed by atoms with Gasteiger partial charge in [-0.15, -0.1) is 0 Å². The first kappa shape index (κ1) is 9.76. The monoisotopic (exact) mass is 168 g/mol. The zero-order chi connectivity index (χ0) is 9.57. The third-order valence-corrected chi connectivity index (χ3v) is 3.47. The number of rotatable bonds is 1. The Bertz CT molecular complexity index is 192. The molecule has 0 heterocycles. The summed E-state index contributed by atoms with van der Waals surface area (Å²) in [7, 11) is 0. The minimum absolute atomic E-state index is 0.0119. The van der Waals surface area contributed by atoms with E-state index in [1.807, 2.05) is 0 Å². The SMILES string of the molecule is CC(=O)C1(C)CC(C(C)(C)C)C1. The number of hydrogen-bond donors (Lipinski definition) is 0. The molecule has 1 saturated carbocycles. The summed E-state index contributed by atoms with van der Waals surface area (Å²) in [5, 5.41) is 0. The second-order valence-corrected chi connectivity index (χ2v) is 5.59. The highest BCUT2D eigenvalue weighted by molar-refractivity contribution is 5.82. The largest absolute Gasteiger partial charge is 0.299 e. The second kappa shape index (κ2) is 2.58. The Hall–Kier alpha value is -0.330. The van der Waals surface area contributed by atoms with Crippen LogP contribution in [0.2, 0.25) is 0 Å². The molecule has 1 fully saturated rings. The molecule has 0 atom stereocenters. The quantitative estimate of drug-likeness (QED) is 0.588. The van der Waals surface area contributed by atoms with Gasteiger partial charge in [-0.3, -0.25) is 4.79 Å². The zero-order valence-electron chi connectivity index (χ0n) is 8.90. The van der Waals surface area contributed by atoms with Crippen molar-refractivity contribution >= 4 is 5.78 Å². The van der Waals surface area contributed by atoms with Crippen LogP contribution in [0.15, 0.2) is 0 Å². The van der Waals surface area contributed by atoms with Crippen LogP contribution >= 0.6 is 0 Å². The van der Waals surface area contributed by atoms with E-state index < -0.39 is 0 Å². The van der Waals surface area contributed by atoms with Gasteiger partial charge in [-0.2, -0.15) is 0 Å². The Labute approximate surface area is 75.5 Å². The topological polar surface area (TPSA) is 17.1 Å². The van der Waals surface area contributed by atoms with Crippen LogP contribution < -0.4 is 0 Å². The molecule has 0 radical (unpaired) electrons. The lowest BCUT2D eigenvalue weighted by atomic mass is 9.54. The van der Waals surface area contributed by atoms with E-state index in [4.69, 9.17) is 0 Å². The fraction of sp³-hybridized carbons (Fsp3) is 0.909. The molecule has 12 heavy (non-hydrogen) atoms. The molecule has 0 aromatic rings. The van der Waals surface area contributed by atoms with Gasteiger partial charge in [0.15, 0.2) is 0 Å². The van der Waals surface area contributed by atoms with E-state index in [-0.39, 0.29) is 5.41 Å². The molecule has 1 heteroatoms. The van der Waals surface area contributed by atoms with Gasteiger partial charge in [-0.1, -0.05) is 27.7 Å². The standard InChI is InChI=1S/C11H20O/c1-8(12)11(5)6-9(7-11)10(2,3)4/h9H,6-7H2,1-5H3. The summed E-state index contributed by atoms with van der Waals surface area (Å²) in [6, 6.07) is 0. The number of carbonyl (C=O) groups is 1. The van der Waals surface area contributed by atoms with E-state index in [1.54, 1.807) is 6.92 Å². The van der Waals surface area contributed by atoms with E-state index >= 15 is 0 Å². The normalized spacial score (nSPS) is 35.9. The molecule has 1 aliphatic rings.